The lowest BCUT2D eigenvalue weighted by Crippen LogP contribution is -2.45. The minimum atomic E-state index is 0.00128. The quantitative estimate of drug-likeness (QED) is 0.903. The summed E-state index contributed by atoms with van der Waals surface area (Å²) in [5.74, 6) is 1.81. The van der Waals surface area contributed by atoms with Crippen molar-refractivity contribution in [3.8, 4) is 0 Å². The molecule has 1 N–H and O–H groups in total. The van der Waals surface area contributed by atoms with Crippen LogP contribution in [0, 0.1) is 5.92 Å². The molecule has 1 saturated carbocycles. The number of rotatable bonds is 4. The second kappa shape index (κ2) is 7.38. The Balaban J connectivity index is 1.45. The smallest absolute Gasteiger partial charge is 0.220 e. The Morgan fingerprint density at radius 3 is 2.46 bits per heavy atom. The van der Waals surface area contributed by atoms with Crippen LogP contribution in [0.5, 0.6) is 0 Å². The van der Waals surface area contributed by atoms with Crippen molar-refractivity contribution in [2.75, 3.05) is 18.0 Å². The van der Waals surface area contributed by atoms with Crippen LogP contribution in [0.4, 0.5) is 5.13 Å². The molecular weight excluding hydrogens is 320 g/mol. The third-order valence-electron chi connectivity index (χ3n) is 5.17. The molecule has 0 atom stereocenters. The molecule has 2 heterocycles. The summed E-state index contributed by atoms with van der Waals surface area (Å²) in [6.45, 7) is 8.33. The molecule has 1 aliphatic carbocycles. The normalized spacial score (nSPS) is 20.5. The number of hydrogen-bond donors (Lipinski definition) is 1. The van der Waals surface area contributed by atoms with Crippen LogP contribution in [-0.4, -0.2) is 34.4 Å². The lowest BCUT2D eigenvalue weighted by molar-refractivity contribution is -0.122. The zero-order valence-electron chi connectivity index (χ0n) is 15.2. The molecule has 0 spiro atoms. The van der Waals surface area contributed by atoms with Gasteiger partial charge in [-0.1, -0.05) is 33.6 Å². The van der Waals surface area contributed by atoms with Gasteiger partial charge in [-0.3, -0.25) is 4.79 Å². The molecule has 1 aliphatic heterocycles. The van der Waals surface area contributed by atoms with Gasteiger partial charge in [-0.2, -0.15) is 4.37 Å². The van der Waals surface area contributed by atoms with E-state index in [0.717, 1.165) is 43.3 Å². The predicted molar refractivity (Wildman–Crippen MR) is 98.6 cm³/mol. The van der Waals surface area contributed by atoms with Gasteiger partial charge in [0.25, 0.3) is 0 Å². The first-order valence-corrected chi connectivity index (χ1v) is 10.1. The van der Waals surface area contributed by atoms with E-state index in [1.807, 2.05) is 0 Å². The lowest BCUT2D eigenvalue weighted by atomic mass is 9.96. The zero-order chi connectivity index (χ0) is 17.2. The van der Waals surface area contributed by atoms with Crippen molar-refractivity contribution >= 4 is 22.6 Å². The molecule has 2 fully saturated rings. The van der Waals surface area contributed by atoms with E-state index in [-0.39, 0.29) is 11.3 Å². The molecule has 6 heteroatoms. The number of amides is 1. The van der Waals surface area contributed by atoms with Crippen LogP contribution in [0.15, 0.2) is 0 Å². The van der Waals surface area contributed by atoms with Crippen LogP contribution < -0.4 is 10.2 Å². The molecule has 0 radical (unpaired) electrons. The number of aromatic nitrogens is 2. The van der Waals surface area contributed by atoms with E-state index in [4.69, 9.17) is 4.98 Å². The van der Waals surface area contributed by atoms with E-state index in [9.17, 15) is 4.79 Å². The molecule has 134 valence electrons. The lowest BCUT2D eigenvalue weighted by Gasteiger charge is -2.32. The molecule has 0 unspecified atom stereocenters. The van der Waals surface area contributed by atoms with Gasteiger partial charge in [-0.05, 0) is 31.6 Å². The van der Waals surface area contributed by atoms with Crippen LogP contribution in [0.3, 0.4) is 0 Å². The Morgan fingerprint density at radius 2 is 1.88 bits per heavy atom. The van der Waals surface area contributed by atoms with Crippen molar-refractivity contribution in [3.63, 3.8) is 0 Å². The molecule has 24 heavy (non-hydrogen) atoms. The number of piperidine rings is 1. The van der Waals surface area contributed by atoms with E-state index < -0.39 is 0 Å². The highest BCUT2D eigenvalue weighted by molar-refractivity contribution is 7.09. The van der Waals surface area contributed by atoms with Gasteiger partial charge in [0, 0.05) is 42.5 Å². The SMILES string of the molecule is CC(C)(C)c1nsc(N2CCC(NC(=O)CC3CCCC3)CC2)n1. The van der Waals surface area contributed by atoms with Gasteiger partial charge in [0.1, 0.15) is 5.82 Å². The summed E-state index contributed by atoms with van der Waals surface area (Å²) in [6, 6.07) is 0.324. The number of carbonyl (C=O) groups is 1. The Kier molecular flexibility index (Phi) is 5.42. The fourth-order valence-electron chi connectivity index (χ4n) is 3.63. The van der Waals surface area contributed by atoms with Crippen molar-refractivity contribution in [1.82, 2.24) is 14.7 Å². The second-order valence-electron chi connectivity index (χ2n) is 8.33. The fraction of sp³-hybridized carbons (Fsp3) is 0.833. The largest absolute Gasteiger partial charge is 0.353 e. The first-order chi connectivity index (χ1) is 11.4. The molecule has 1 amide bonds. The highest BCUT2D eigenvalue weighted by Gasteiger charge is 2.26. The highest BCUT2D eigenvalue weighted by Crippen LogP contribution is 2.29. The number of carbonyl (C=O) groups excluding carboxylic acids is 1. The molecule has 1 aromatic heterocycles. The third-order valence-corrected chi connectivity index (χ3v) is 5.94. The van der Waals surface area contributed by atoms with E-state index in [2.05, 4.69) is 35.4 Å². The molecule has 5 nitrogen and oxygen atoms in total. The summed E-state index contributed by atoms with van der Waals surface area (Å²) >= 11 is 1.50. The second-order valence-corrected chi connectivity index (χ2v) is 9.06. The van der Waals surface area contributed by atoms with E-state index >= 15 is 0 Å². The molecule has 0 aromatic carbocycles. The van der Waals surface area contributed by atoms with Crippen LogP contribution in [0.25, 0.3) is 0 Å². The van der Waals surface area contributed by atoms with Crippen LogP contribution >= 0.6 is 11.5 Å². The minimum Gasteiger partial charge on any atom is -0.353 e. The standard InChI is InChI=1S/C18H30N4OS/c1-18(2,3)16-20-17(24-21-16)22-10-8-14(9-11-22)19-15(23)12-13-6-4-5-7-13/h13-14H,4-12H2,1-3H3,(H,19,23). The van der Waals surface area contributed by atoms with Gasteiger partial charge in [-0.25, -0.2) is 4.98 Å². The number of nitrogens with one attached hydrogen (secondary N) is 1. The number of nitrogens with zero attached hydrogens (tertiary/aromatic N) is 3. The fourth-order valence-corrected chi connectivity index (χ4v) is 4.54. The van der Waals surface area contributed by atoms with Crippen molar-refractivity contribution < 1.29 is 4.79 Å². The molecule has 1 aromatic rings. The summed E-state index contributed by atoms with van der Waals surface area (Å²) in [4.78, 5) is 19.2. The summed E-state index contributed by atoms with van der Waals surface area (Å²) < 4.78 is 4.51. The van der Waals surface area contributed by atoms with Gasteiger partial charge in [0.05, 0.1) is 0 Å². The average Bonchev–Trinajstić information content (AvgIpc) is 3.18. The van der Waals surface area contributed by atoms with Crippen LogP contribution in [0.1, 0.15) is 71.5 Å². The summed E-state index contributed by atoms with van der Waals surface area (Å²) in [6.07, 6.45) is 7.80. The van der Waals surface area contributed by atoms with Gasteiger partial charge < -0.3 is 10.2 Å². The Hall–Kier alpha value is -1.17. The maximum Gasteiger partial charge on any atom is 0.220 e. The minimum absolute atomic E-state index is 0.00128. The Labute approximate surface area is 149 Å². The first-order valence-electron chi connectivity index (χ1n) is 9.30. The summed E-state index contributed by atoms with van der Waals surface area (Å²) in [7, 11) is 0. The Bertz CT molecular complexity index is 552. The summed E-state index contributed by atoms with van der Waals surface area (Å²) in [5.41, 5.74) is 0.00128. The maximum absolute atomic E-state index is 12.2. The van der Waals surface area contributed by atoms with Gasteiger partial charge in [0.15, 0.2) is 0 Å². The first kappa shape index (κ1) is 17.6. The monoisotopic (exact) mass is 350 g/mol. The van der Waals surface area contributed by atoms with Crippen molar-refractivity contribution in [2.45, 2.75) is 77.2 Å². The van der Waals surface area contributed by atoms with Crippen molar-refractivity contribution in [1.29, 1.82) is 0 Å². The van der Waals surface area contributed by atoms with E-state index in [0.29, 0.717) is 12.0 Å². The van der Waals surface area contributed by atoms with E-state index in [1.54, 1.807) is 0 Å². The third kappa shape index (κ3) is 4.47. The van der Waals surface area contributed by atoms with Gasteiger partial charge >= 0.3 is 0 Å². The molecule has 3 rings (SSSR count). The van der Waals surface area contributed by atoms with Gasteiger partial charge in [-0.15, -0.1) is 0 Å². The number of hydrogen-bond acceptors (Lipinski definition) is 5. The predicted octanol–water partition coefficient (Wildman–Crippen LogP) is 3.50. The Morgan fingerprint density at radius 1 is 1.21 bits per heavy atom. The average molecular weight is 351 g/mol. The highest BCUT2D eigenvalue weighted by atomic mass is 32.1. The molecule has 0 bridgehead atoms. The summed E-state index contributed by atoms with van der Waals surface area (Å²) in [5, 5.41) is 4.27. The van der Waals surface area contributed by atoms with Crippen LogP contribution in [0.2, 0.25) is 0 Å². The van der Waals surface area contributed by atoms with Crippen molar-refractivity contribution in [2.24, 2.45) is 5.92 Å². The van der Waals surface area contributed by atoms with Crippen molar-refractivity contribution in [3.05, 3.63) is 5.82 Å². The maximum atomic E-state index is 12.2. The topological polar surface area (TPSA) is 58.1 Å². The molecule has 2 aliphatic rings. The molecular formula is C18H30N4OS. The number of anilines is 1. The zero-order valence-corrected chi connectivity index (χ0v) is 16.0. The van der Waals surface area contributed by atoms with Crippen LogP contribution in [-0.2, 0) is 10.2 Å². The van der Waals surface area contributed by atoms with Gasteiger partial charge in [0.2, 0.25) is 11.0 Å². The van der Waals surface area contributed by atoms with E-state index in [1.165, 1.54) is 37.2 Å². The molecule has 1 saturated heterocycles.